The molecule has 0 saturated heterocycles. The van der Waals surface area contributed by atoms with E-state index in [0.29, 0.717) is 13.1 Å². The van der Waals surface area contributed by atoms with Crippen LogP contribution >= 0.6 is 0 Å². The summed E-state index contributed by atoms with van der Waals surface area (Å²) in [5.74, 6) is 0. The summed E-state index contributed by atoms with van der Waals surface area (Å²) < 4.78 is 0. The Labute approximate surface area is 83.3 Å². The molecule has 5 heteroatoms. The van der Waals surface area contributed by atoms with Crippen LogP contribution in [0.15, 0.2) is 9.98 Å². The fourth-order valence-electron chi connectivity index (χ4n) is 0.966. The zero-order valence-corrected chi connectivity index (χ0v) is 8.16. The molecule has 0 aliphatic carbocycles. The minimum Gasteiger partial charge on any atom is -0.336 e. The minimum atomic E-state index is -0.379. The van der Waals surface area contributed by atoms with E-state index in [2.05, 4.69) is 22.0 Å². The summed E-state index contributed by atoms with van der Waals surface area (Å²) in [5.41, 5.74) is 0. The van der Waals surface area contributed by atoms with Gasteiger partial charge in [-0.05, 0) is 19.6 Å². The topological polar surface area (TPSA) is 70.9 Å². The van der Waals surface area contributed by atoms with Crippen molar-refractivity contribution < 1.29 is 9.59 Å². The van der Waals surface area contributed by atoms with Gasteiger partial charge in [0.05, 0.1) is 6.54 Å². The quantitative estimate of drug-likeness (QED) is 0.379. The summed E-state index contributed by atoms with van der Waals surface area (Å²) in [4.78, 5) is 26.9. The highest BCUT2D eigenvalue weighted by atomic mass is 16.2. The van der Waals surface area contributed by atoms with Crippen LogP contribution in [-0.2, 0) is 4.79 Å². The van der Waals surface area contributed by atoms with Gasteiger partial charge in [-0.2, -0.15) is 0 Å². The number of hydrogen-bond acceptors (Lipinski definition) is 3. The minimum absolute atomic E-state index is 0.379. The molecule has 0 spiro atoms. The molecule has 0 saturated carbocycles. The maximum atomic E-state index is 10.6. The normalized spacial score (nSPS) is 8.86. The lowest BCUT2D eigenvalue weighted by molar-refractivity contribution is 0.249. The van der Waals surface area contributed by atoms with Crippen LogP contribution in [0.2, 0.25) is 0 Å². The summed E-state index contributed by atoms with van der Waals surface area (Å²) in [5, 5.41) is 2.58. The van der Waals surface area contributed by atoms with Crippen molar-refractivity contribution >= 4 is 18.8 Å². The highest BCUT2D eigenvalue weighted by molar-refractivity contribution is 5.78. The standard InChI is InChI=1S/C9H15N3O2/c1-10-9(14)12-7-5-3-2-4-6-11-8-13/h1-7H2,(H,12,14). The van der Waals surface area contributed by atoms with E-state index < -0.39 is 0 Å². The first kappa shape index (κ1) is 12.5. The molecule has 5 nitrogen and oxygen atoms in total. The molecule has 0 bridgehead atoms. The number of nitrogens with zero attached hydrogens (tertiary/aromatic N) is 2. The number of hydrogen-bond donors (Lipinski definition) is 1. The molecule has 2 amide bonds. The summed E-state index contributed by atoms with van der Waals surface area (Å²) >= 11 is 0. The number of isocyanates is 1. The lowest BCUT2D eigenvalue weighted by atomic mass is 10.2. The van der Waals surface area contributed by atoms with E-state index in [-0.39, 0.29) is 6.03 Å². The SMILES string of the molecule is C=NC(=O)NCCCCCCN=C=O. The predicted molar refractivity (Wildman–Crippen MR) is 54.4 cm³/mol. The van der Waals surface area contributed by atoms with Gasteiger partial charge in [0, 0.05) is 6.54 Å². The molecule has 0 aliphatic heterocycles. The number of aliphatic imine (C=N–C) groups is 2. The predicted octanol–water partition coefficient (Wildman–Crippen LogP) is 1.29. The zero-order valence-electron chi connectivity index (χ0n) is 8.16. The number of nitrogens with one attached hydrogen (secondary N) is 1. The number of unbranched alkanes of at least 4 members (excludes halogenated alkanes) is 3. The molecule has 0 radical (unpaired) electrons. The Morgan fingerprint density at radius 2 is 2.00 bits per heavy atom. The maximum Gasteiger partial charge on any atom is 0.340 e. The molecule has 0 aliphatic rings. The summed E-state index contributed by atoms with van der Waals surface area (Å²) in [6.07, 6.45) is 5.30. The van der Waals surface area contributed by atoms with Crippen LogP contribution in [0, 0.1) is 0 Å². The van der Waals surface area contributed by atoms with E-state index in [4.69, 9.17) is 0 Å². The first-order valence-electron chi connectivity index (χ1n) is 4.59. The van der Waals surface area contributed by atoms with Gasteiger partial charge in [0.25, 0.3) is 0 Å². The van der Waals surface area contributed by atoms with Crippen molar-refractivity contribution in [1.29, 1.82) is 0 Å². The van der Waals surface area contributed by atoms with Crippen molar-refractivity contribution in [1.82, 2.24) is 5.32 Å². The zero-order chi connectivity index (χ0) is 10.6. The first-order chi connectivity index (χ1) is 6.81. The average molecular weight is 197 g/mol. The fourth-order valence-corrected chi connectivity index (χ4v) is 0.966. The molecule has 0 aromatic heterocycles. The summed E-state index contributed by atoms with van der Waals surface area (Å²) in [6.45, 7) is 4.26. The summed E-state index contributed by atoms with van der Waals surface area (Å²) in [7, 11) is 0. The maximum absolute atomic E-state index is 10.6. The van der Waals surface area contributed by atoms with Crippen LogP contribution < -0.4 is 5.32 Å². The third-order valence-corrected chi connectivity index (χ3v) is 1.68. The molecule has 1 N–H and O–H groups in total. The van der Waals surface area contributed by atoms with Crippen molar-refractivity contribution in [3.63, 3.8) is 0 Å². The third-order valence-electron chi connectivity index (χ3n) is 1.68. The van der Waals surface area contributed by atoms with Crippen molar-refractivity contribution in [2.24, 2.45) is 9.98 Å². The Hall–Kier alpha value is -1.48. The van der Waals surface area contributed by atoms with E-state index >= 15 is 0 Å². The van der Waals surface area contributed by atoms with Crippen molar-refractivity contribution in [2.75, 3.05) is 13.1 Å². The van der Waals surface area contributed by atoms with E-state index in [1.807, 2.05) is 0 Å². The second-order valence-electron chi connectivity index (χ2n) is 2.78. The second kappa shape index (κ2) is 9.61. The molecule has 0 rings (SSSR count). The van der Waals surface area contributed by atoms with Crippen LogP contribution in [0.3, 0.4) is 0 Å². The monoisotopic (exact) mass is 197 g/mol. The highest BCUT2D eigenvalue weighted by Crippen LogP contribution is 1.98. The van der Waals surface area contributed by atoms with Crippen LogP contribution in [0.4, 0.5) is 4.79 Å². The lowest BCUT2D eigenvalue weighted by Gasteiger charge is -2.00. The molecule has 0 fully saturated rings. The van der Waals surface area contributed by atoms with Gasteiger partial charge >= 0.3 is 6.03 Å². The van der Waals surface area contributed by atoms with Gasteiger partial charge in [-0.1, -0.05) is 12.8 Å². The number of urea groups is 1. The van der Waals surface area contributed by atoms with Gasteiger partial charge in [-0.3, -0.25) is 0 Å². The highest BCUT2D eigenvalue weighted by Gasteiger charge is 1.93. The Morgan fingerprint density at radius 1 is 1.29 bits per heavy atom. The first-order valence-corrected chi connectivity index (χ1v) is 4.59. The van der Waals surface area contributed by atoms with Gasteiger partial charge in [0.15, 0.2) is 0 Å². The Kier molecular flexibility index (Phi) is 8.59. The molecule has 78 valence electrons. The van der Waals surface area contributed by atoms with Gasteiger partial charge in [-0.15, -0.1) is 0 Å². The molecular weight excluding hydrogens is 182 g/mol. The number of rotatable bonds is 7. The number of carbonyl (C=O) groups is 1. The van der Waals surface area contributed by atoms with E-state index in [1.54, 1.807) is 0 Å². The molecule has 0 aromatic carbocycles. The lowest BCUT2D eigenvalue weighted by Crippen LogP contribution is -2.20. The Morgan fingerprint density at radius 3 is 2.64 bits per heavy atom. The Balaban J connectivity index is 3.09. The summed E-state index contributed by atoms with van der Waals surface area (Å²) in [6, 6.07) is -0.379. The van der Waals surface area contributed by atoms with Crippen LogP contribution in [0.25, 0.3) is 0 Å². The molecule has 0 aromatic rings. The van der Waals surface area contributed by atoms with Crippen molar-refractivity contribution in [3.8, 4) is 0 Å². The van der Waals surface area contributed by atoms with Crippen molar-refractivity contribution in [3.05, 3.63) is 0 Å². The molecule has 0 atom stereocenters. The van der Waals surface area contributed by atoms with E-state index in [1.165, 1.54) is 6.08 Å². The van der Waals surface area contributed by atoms with E-state index in [9.17, 15) is 9.59 Å². The van der Waals surface area contributed by atoms with Crippen LogP contribution in [-0.4, -0.2) is 31.9 Å². The number of carbonyl (C=O) groups excluding carboxylic acids is 2. The second-order valence-corrected chi connectivity index (χ2v) is 2.78. The van der Waals surface area contributed by atoms with Crippen molar-refractivity contribution in [2.45, 2.75) is 25.7 Å². The number of amides is 2. The smallest absolute Gasteiger partial charge is 0.336 e. The largest absolute Gasteiger partial charge is 0.340 e. The van der Waals surface area contributed by atoms with Gasteiger partial charge in [0.1, 0.15) is 0 Å². The van der Waals surface area contributed by atoms with Crippen LogP contribution in [0.5, 0.6) is 0 Å². The molecule has 0 heterocycles. The van der Waals surface area contributed by atoms with Gasteiger partial charge < -0.3 is 5.32 Å². The van der Waals surface area contributed by atoms with Crippen LogP contribution in [0.1, 0.15) is 25.7 Å². The van der Waals surface area contributed by atoms with Gasteiger partial charge in [0.2, 0.25) is 6.08 Å². The molecular formula is C9H15N3O2. The van der Waals surface area contributed by atoms with E-state index in [0.717, 1.165) is 25.7 Å². The van der Waals surface area contributed by atoms with Gasteiger partial charge in [-0.25, -0.2) is 19.6 Å². The Bertz CT molecular complexity index is 222. The molecule has 14 heavy (non-hydrogen) atoms. The molecule has 0 unspecified atom stereocenters. The third kappa shape index (κ3) is 8.62. The average Bonchev–Trinajstić information content (AvgIpc) is 2.21. The fraction of sp³-hybridized carbons (Fsp3) is 0.667.